The van der Waals surface area contributed by atoms with Gasteiger partial charge in [0.1, 0.15) is 0 Å². The summed E-state index contributed by atoms with van der Waals surface area (Å²) in [5.41, 5.74) is 12.5. The number of pyridine rings is 1. The highest BCUT2D eigenvalue weighted by Crippen LogP contribution is 2.50. The molecule has 2 aromatic rings. The summed E-state index contributed by atoms with van der Waals surface area (Å²) in [7, 11) is 0. The van der Waals surface area contributed by atoms with Crippen molar-refractivity contribution in [2.24, 2.45) is 5.41 Å². The van der Waals surface area contributed by atoms with Crippen LogP contribution in [0.15, 0.2) is 59.8 Å². The Morgan fingerprint density at radius 2 is 1.84 bits per heavy atom. The van der Waals surface area contributed by atoms with E-state index in [-0.39, 0.29) is 5.41 Å². The average molecular weight is 429 g/mol. The van der Waals surface area contributed by atoms with E-state index in [2.05, 4.69) is 83.9 Å². The molecule has 2 heteroatoms. The predicted molar refractivity (Wildman–Crippen MR) is 140 cm³/mol. The van der Waals surface area contributed by atoms with Crippen LogP contribution < -0.4 is 0 Å². The summed E-state index contributed by atoms with van der Waals surface area (Å²) < 4.78 is 0. The Kier molecular flexibility index (Phi) is 6.83. The number of rotatable bonds is 5. The molecule has 2 aliphatic rings. The number of fused-ring (bicyclic) bond motifs is 4. The SMILES string of the molecule is C=C1C(CC)=C([C@@](C)(CC)C(=C)C)C=C2c3nc4ccc(C)cc4c(CC)c3CN12.CC. The van der Waals surface area contributed by atoms with Crippen molar-refractivity contribution < 1.29 is 0 Å². The minimum Gasteiger partial charge on any atom is -0.335 e. The van der Waals surface area contributed by atoms with Crippen molar-refractivity contribution in [2.45, 2.75) is 81.2 Å². The van der Waals surface area contributed by atoms with Crippen LogP contribution in [0.5, 0.6) is 0 Å². The summed E-state index contributed by atoms with van der Waals surface area (Å²) in [6, 6.07) is 6.62. The van der Waals surface area contributed by atoms with Crippen molar-refractivity contribution >= 4 is 16.6 Å². The number of nitrogens with zero attached hydrogens (tertiary/aromatic N) is 2. The van der Waals surface area contributed by atoms with Crippen LogP contribution in [0, 0.1) is 12.3 Å². The Bertz CT molecular complexity index is 1150. The summed E-state index contributed by atoms with van der Waals surface area (Å²) in [4.78, 5) is 7.55. The minimum atomic E-state index is -0.0579. The summed E-state index contributed by atoms with van der Waals surface area (Å²) in [6.45, 7) is 27.2. The van der Waals surface area contributed by atoms with Gasteiger partial charge in [0.25, 0.3) is 0 Å². The molecule has 0 saturated carbocycles. The lowest BCUT2D eigenvalue weighted by Crippen LogP contribution is -2.27. The summed E-state index contributed by atoms with van der Waals surface area (Å²) in [5, 5.41) is 1.30. The van der Waals surface area contributed by atoms with E-state index >= 15 is 0 Å². The molecule has 0 N–H and O–H groups in total. The van der Waals surface area contributed by atoms with Crippen molar-refractivity contribution in [3.63, 3.8) is 0 Å². The first-order valence-corrected chi connectivity index (χ1v) is 12.3. The number of hydrogen-bond donors (Lipinski definition) is 0. The first kappa shape index (κ1) is 24.0. The van der Waals surface area contributed by atoms with Gasteiger partial charge in [0.05, 0.1) is 23.5 Å². The number of hydrogen-bond acceptors (Lipinski definition) is 2. The van der Waals surface area contributed by atoms with E-state index in [9.17, 15) is 0 Å². The molecule has 4 rings (SSSR count). The molecule has 2 nitrogen and oxygen atoms in total. The summed E-state index contributed by atoms with van der Waals surface area (Å²) >= 11 is 0. The van der Waals surface area contributed by atoms with Crippen LogP contribution in [-0.4, -0.2) is 9.88 Å². The molecular weight excluding hydrogens is 388 g/mol. The lowest BCUT2D eigenvalue weighted by atomic mass is 9.70. The Hall–Kier alpha value is -2.61. The third-order valence-corrected chi connectivity index (χ3v) is 7.44. The zero-order valence-electron chi connectivity index (χ0n) is 21.4. The number of aromatic nitrogens is 1. The number of benzene rings is 1. The smallest absolute Gasteiger partial charge is 0.0927 e. The topological polar surface area (TPSA) is 16.1 Å². The molecule has 0 radical (unpaired) electrons. The molecule has 0 spiro atoms. The molecule has 170 valence electrons. The lowest BCUT2D eigenvalue weighted by Gasteiger charge is -2.38. The van der Waals surface area contributed by atoms with E-state index < -0.39 is 0 Å². The molecule has 0 unspecified atom stereocenters. The fourth-order valence-electron chi connectivity index (χ4n) is 5.18. The van der Waals surface area contributed by atoms with Crippen molar-refractivity contribution in [2.75, 3.05) is 0 Å². The number of allylic oxidation sites excluding steroid dienone is 4. The van der Waals surface area contributed by atoms with Crippen LogP contribution in [0.1, 0.15) is 83.7 Å². The zero-order chi connectivity index (χ0) is 23.8. The van der Waals surface area contributed by atoms with Gasteiger partial charge in [-0.25, -0.2) is 4.98 Å². The van der Waals surface area contributed by atoms with Crippen molar-refractivity contribution in [3.05, 3.63) is 82.2 Å². The molecule has 2 aliphatic heterocycles. The van der Waals surface area contributed by atoms with Crippen LogP contribution in [0.4, 0.5) is 0 Å². The van der Waals surface area contributed by atoms with Gasteiger partial charge in [0.2, 0.25) is 0 Å². The Morgan fingerprint density at radius 3 is 2.41 bits per heavy atom. The van der Waals surface area contributed by atoms with Crippen LogP contribution >= 0.6 is 0 Å². The van der Waals surface area contributed by atoms with Gasteiger partial charge in [0, 0.05) is 22.1 Å². The predicted octanol–water partition coefficient (Wildman–Crippen LogP) is 8.51. The Morgan fingerprint density at radius 1 is 1.16 bits per heavy atom. The second-order valence-electron chi connectivity index (χ2n) is 9.07. The highest BCUT2D eigenvalue weighted by Gasteiger charge is 2.38. The van der Waals surface area contributed by atoms with Crippen LogP contribution in [0.25, 0.3) is 16.6 Å². The van der Waals surface area contributed by atoms with Gasteiger partial charge in [0.15, 0.2) is 0 Å². The molecule has 1 aromatic heterocycles. The summed E-state index contributed by atoms with van der Waals surface area (Å²) in [6.07, 6.45) is 5.40. The quantitative estimate of drug-likeness (QED) is 0.444. The van der Waals surface area contributed by atoms with E-state index in [1.54, 1.807) is 0 Å². The maximum atomic E-state index is 5.17. The van der Waals surface area contributed by atoms with E-state index in [0.29, 0.717) is 0 Å². The van der Waals surface area contributed by atoms with Gasteiger partial charge in [-0.15, -0.1) is 0 Å². The highest BCUT2D eigenvalue weighted by molar-refractivity contribution is 5.89. The maximum Gasteiger partial charge on any atom is 0.0927 e. The van der Waals surface area contributed by atoms with Gasteiger partial charge in [-0.1, -0.05) is 71.9 Å². The van der Waals surface area contributed by atoms with Crippen molar-refractivity contribution in [3.8, 4) is 0 Å². The maximum absolute atomic E-state index is 5.17. The minimum absolute atomic E-state index is 0.0579. The van der Waals surface area contributed by atoms with Gasteiger partial charge in [-0.3, -0.25) is 0 Å². The largest absolute Gasteiger partial charge is 0.335 e. The summed E-state index contributed by atoms with van der Waals surface area (Å²) in [5.74, 6) is 0. The molecular formula is C30H40N2. The molecule has 0 bridgehead atoms. The standard InChI is InChI=1S/C28H34N2.C2H6/c1-9-20-19(7)30-16-23-21(10-2)22-14-18(6)12-13-25(22)29-27(23)26(30)15-24(20)28(8,11-3)17(4)5;1-2/h12-15H,4,7,9-11,16H2,1-3,5-6,8H3;1-2H3/t28-;/m0./s1. The fraction of sp³-hybridized carbons (Fsp3) is 0.433. The third kappa shape index (κ3) is 3.54. The second kappa shape index (κ2) is 9.10. The molecule has 32 heavy (non-hydrogen) atoms. The van der Waals surface area contributed by atoms with E-state index in [1.807, 2.05) is 13.8 Å². The molecule has 0 fully saturated rings. The molecule has 0 amide bonds. The molecule has 1 atom stereocenters. The Balaban J connectivity index is 0.00000141. The van der Waals surface area contributed by atoms with E-state index in [1.165, 1.54) is 44.5 Å². The average Bonchev–Trinajstić information content (AvgIpc) is 3.16. The van der Waals surface area contributed by atoms with Crippen LogP contribution in [0.2, 0.25) is 0 Å². The normalized spacial score (nSPS) is 16.8. The van der Waals surface area contributed by atoms with Crippen molar-refractivity contribution in [1.82, 2.24) is 9.88 Å². The molecule has 0 aliphatic carbocycles. The van der Waals surface area contributed by atoms with Gasteiger partial charge >= 0.3 is 0 Å². The van der Waals surface area contributed by atoms with Gasteiger partial charge in [-0.05, 0) is 68.0 Å². The molecule has 0 saturated heterocycles. The fourth-order valence-corrected chi connectivity index (χ4v) is 5.18. The van der Waals surface area contributed by atoms with E-state index in [0.717, 1.165) is 42.7 Å². The molecule has 3 heterocycles. The lowest BCUT2D eigenvalue weighted by molar-refractivity contribution is 0.447. The van der Waals surface area contributed by atoms with Crippen molar-refractivity contribution in [1.29, 1.82) is 0 Å². The molecule has 1 aromatic carbocycles. The second-order valence-corrected chi connectivity index (χ2v) is 9.07. The first-order valence-electron chi connectivity index (χ1n) is 12.3. The number of aryl methyl sites for hydroxylation is 2. The Labute approximate surface area is 195 Å². The van der Waals surface area contributed by atoms with Crippen LogP contribution in [0.3, 0.4) is 0 Å². The highest BCUT2D eigenvalue weighted by atomic mass is 15.2. The monoisotopic (exact) mass is 428 g/mol. The zero-order valence-corrected chi connectivity index (χ0v) is 21.4. The van der Waals surface area contributed by atoms with Gasteiger partial charge < -0.3 is 4.90 Å². The van der Waals surface area contributed by atoms with Crippen LogP contribution in [-0.2, 0) is 13.0 Å². The third-order valence-electron chi connectivity index (χ3n) is 7.44. The first-order chi connectivity index (χ1) is 15.3. The van der Waals surface area contributed by atoms with E-state index in [4.69, 9.17) is 4.98 Å². The van der Waals surface area contributed by atoms with Gasteiger partial charge in [-0.2, -0.15) is 0 Å².